The number of halogens is 1. The second-order valence-electron chi connectivity index (χ2n) is 5.09. The quantitative estimate of drug-likeness (QED) is 0.797. The molecule has 120 valence electrons. The van der Waals surface area contributed by atoms with Gasteiger partial charge in [-0.15, -0.1) is 0 Å². The lowest BCUT2D eigenvalue weighted by Crippen LogP contribution is -2.22. The van der Waals surface area contributed by atoms with Crippen LogP contribution in [0, 0.1) is 5.82 Å². The predicted octanol–water partition coefficient (Wildman–Crippen LogP) is 3.36. The van der Waals surface area contributed by atoms with Gasteiger partial charge in [0.1, 0.15) is 11.6 Å². The first kappa shape index (κ1) is 16.7. The molecule has 2 rings (SSSR count). The van der Waals surface area contributed by atoms with Gasteiger partial charge in [0.05, 0.1) is 7.11 Å². The smallest absolute Gasteiger partial charge is 0.291 e. The van der Waals surface area contributed by atoms with Crippen LogP contribution in [-0.2, 0) is 16.0 Å². The number of rotatable bonds is 7. The summed E-state index contributed by atoms with van der Waals surface area (Å²) in [6.45, 7) is 0. The van der Waals surface area contributed by atoms with Crippen LogP contribution >= 0.6 is 0 Å². The highest BCUT2D eigenvalue weighted by atomic mass is 19.1. The number of hydrogen-bond acceptors (Lipinski definition) is 3. The van der Waals surface area contributed by atoms with Crippen LogP contribution in [0.2, 0.25) is 0 Å². The zero-order valence-electron chi connectivity index (χ0n) is 12.8. The van der Waals surface area contributed by atoms with E-state index in [-0.39, 0.29) is 12.1 Å². The highest BCUT2D eigenvalue weighted by molar-refractivity contribution is 6.40. The number of ether oxygens (including phenoxy) is 1. The Morgan fingerprint density at radius 1 is 1.13 bits per heavy atom. The zero-order chi connectivity index (χ0) is 16.7. The largest absolute Gasteiger partial charge is 0.497 e. The average Bonchev–Trinajstić information content (AvgIpc) is 2.55. The number of ketones is 1. The first-order valence-electron chi connectivity index (χ1n) is 7.31. The number of carbonyl (C=O) groups is 2. The van der Waals surface area contributed by atoms with Gasteiger partial charge in [-0.25, -0.2) is 4.39 Å². The normalized spacial score (nSPS) is 10.2. The molecule has 0 aliphatic heterocycles. The van der Waals surface area contributed by atoms with Crippen LogP contribution in [0.1, 0.15) is 18.4 Å². The number of hydrogen-bond donors (Lipinski definition) is 1. The van der Waals surface area contributed by atoms with Crippen molar-refractivity contribution in [2.75, 3.05) is 12.4 Å². The Hall–Kier alpha value is -2.69. The molecule has 2 aromatic rings. The van der Waals surface area contributed by atoms with E-state index in [0.717, 1.165) is 11.3 Å². The molecular weight excluding hydrogens is 297 g/mol. The van der Waals surface area contributed by atoms with Crippen LogP contribution in [-0.4, -0.2) is 18.8 Å². The molecule has 2 aromatic carbocycles. The Bertz CT molecular complexity index is 683. The Labute approximate surface area is 134 Å². The second-order valence-corrected chi connectivity index (χ2v) is 5.09. The van der Waals surface area contributed by atoms with Gasteiger partial charge in [-0.2, -0.15) is 0 Å². The van der Waals surface area contributed by atoms with E-state index in [4.69, 9.17) is 4.74 Å². The van der Waals surface area contributed by atoms with Crippen LogP contribution in [0.4, 0.5) is 10.1 Å². The van der Waals surface area contributed by atoms with Crippen molar-refractivity contribution in [2.45, 2.75) is 19.3 Å². The molecule has 0 saturated carbocycles. The second kappa shape index (κ2) is 8.08. The molecule has 4 nitrogen and oxygen atoms in total. The summed E-state index contributed by atoms with van der Waals surface area (Å²) in [5.74, 6) is -0.915. The highest BCUT2D eigenvalue weighted by Gasteiger charge is 2.13. The van der Waals surface area contributed by atoms with Crippen molar-refractivity contribution >= 4 is 17.4 Å². The Morgan fingerprint density at radius 3 is 2.52 bits per heavy atom. The van der Waals surface area contributed by atoms with E-state index in [1.54, 1.807) is 7.11 Å². The van der Waals surface area contributed by atoms with Crippen LogP contribution in [0.25, 0.3) is 0 Å². The monoisotopic (exact) mass is 315 g/mol. The van der Waals surface area contributed by atoms with Gasteiger partial charge in [-0.1, -0.05) is 18.2 Å². The average molecular weight is 315 g/mol. The first-order valence-corrected chi connectivity index (χ1v) is 7.31. The molecule has 23 heavy (non-hydrogen) atoms. The third-order valence-corrected chi connectivity index (χ3v) is 3.36. The zero-order valence-corrected chi connectivity index (χ0v) is 12.8. The molecule has 0 aliphatic rings. The lowest BCUT2D eigenvalue weighted by Gasteiger charge is -2.05. The van der Waals surface area contributed by atoms with Gasteiger partial charge < -0.3 is 10.1 Å². The number of methoxy groups -OCH3 is 1. The molecule has 0 spiro atoms. The van der Waals surface area contributed by atoms with Crippen LogP contribution in [0.5, 0.6) is 5.75 Å². The number of carbonyl (C=O) groups excluding carboxylic acids is 2. The Kier molecular flexibility index (Phi) is 5.86. The van der Waals surface area contributed by atoms with Gasteiger partial charge in [0.25, 0.3) is 5.91 Å². The van der Waals surface area contributed by atoms with Gasteiger partial charge in [-0.3, -0.25) is 9.59 Å². The molecule has 5 heteroatoms. The Balaban J connectivity index is 1.78. The van der Waals surface area contributed by atoms with E-state index < -0.39 is 17.5 Å². The number of benzene rings is 2. The van der Waals surface area contributed by atoms with Crippen molar-refractivity contribution in [1.82, 2.24) is 0 Å². The predicted molar refractivity (Wildman–Crippen MR) is 86.0 cm³/mol. The fourth-order valence-corrected chi connectivity index (χ4v) is 2.13. The van der Waals surface area contributed by atoms with Crippen molar-refractivity contribution in [2.24, 2.45) is 0 Å². The summed E-state index contributed by atoms with van der Waals surface area (Å²) in [6, 6.07) is 13.0. The summed E-state index contributed by atoms with van der Waals surface area (Å²) >= 11 is 0. The third-order valence-electron chi connectivity index (χ3n) is 3.36. The molecule has 0 bridgehead atoms. The SMILES string of the molecule is COc1ccc(CCCC(=O)C(=O)Nc2cccc(F)c2)cc1. The van der Waals surface area contributed by atoms with Crippen molar-refractivity contribution < 1.29 is 18.7 Å². The number of nitrogens with one attached hydrogen (secondary N) is 1. The van der Waals surface area contributed by atoms with Crippen LogP contribution < -0.4 is 10.1 Å². The Morgan fingerprint density at radius 2 is 1.87 bits per heavy atom. The molecule has 0 fully saturated rings. The van der Waals surface area contributed by atoms with E-state index in [1.165, 1.54) is 24.3 Å². The molecule has 1 amide bonds. The van der Waals surface area contributed by atoms with Crippen molar-refractivity contribution in [1.29, 1.82) is 0 Å². The van der Waals surface area contributed by atoms with E-state index in [2.05, 4.69) is 5.32 Å². The van der Waals surface area contributed by atoms with Gasteiger partial charge in [0, 0.05) is 12.1 Å². The number of Topliss-reactive ketones (excluding diaryl/α,β-unsaturated/α-hetero) is 1. The molecule has 0 atom stereocenters. The topological polar surface area (TPSA) is 55.4 Å². The molecule has 0 aliphatic carbocycles. The maximum absolute atomic E-state index is 13.0. The lowest BCUT2D eigenvalue weighted by atomic mass is 10.1. The maximum atomic E-state index is 13.0. The summed E-state index contributed by atoms with van der Waals surface area (Å²) in [5.41, 5.74) is 1.35. The van der Waals surface area contributed by atoms with Gasteiger partial charge in [0.2, 0.25) is 5.78 Å². The molecule has 0 unspecified atom stereocenters. The van der Waals surface area contributed by atoms with E-state index >= 15 is 0 Å². The van der Waals surface area contributed by atoms with E-state index in [1.807, 2.05) is 24.3 Å². The van der Waals surface area contributed by atoms with Gasteiger partial charge >= 0.3 is 0 Å². The minimum Gasteiger partial charge on any atom is -0.497 e. The number of anilines is 1. The molecule has 0 saturated heterocycles. The van der Waals surface area contributed by atoms with E-state index in [0.29, 0.717) is 12.8 Å². The summed E-state index contributed by atoms with van der Waals surface area (Å²) in [6.07, 6.45) is 1.41. The summed E-state index contributed by atoms with van der Waals surface area (Å²) in [7, 11) is 1.60. The van der Waals surface area contributed by atoms with Gasteiger partial charge in [-0.05, 0) is 48.7 Å². The number of aryl methyl sites for hydroxylation is 1. The molecule has 0 aromatic heterocycles. The van der Waals surface area contributed by atoms with Crippen LogP contribution in [0.3, 0.4) is 0 Å². The minimum absolute atomic E-state index is 0.146. The molecule has 0 heterocycles. The number of amides is 1. The first-order chi connectivity index (χ1) is 11.1. The molecular formula is C18H18FNO3. The van der Waals surface area contributed by atoms with Crippen molar-refractivity contribution in [3.8, 4) is 5.75 Å². The minimum atomic E-state index is -0.717. The van der Waals surface area contributed by atoms with Crippen LogP contribution in [0.15, 0.2) is 48.5 Å². The van der Waals surface area contributed by atoms with E-state index in [9.17, 15) is 14.0 Å². The van der Waals surface area contributed by atoms with Gasteiger partial charge in [0.15, 0.2) is 0 Å². The standard InChI is InChI=1S/C18H18FNO3/c1-23-16-10-8-13(9-11-16)4-2-7-17(21)18(22)20-15-6-3-5-14(19)12-15/h3,5-6,8-12H,2,4,7H2,1H3,(H,20,22). The summed E-state index contributed by atoms with van der Waals surface area (Å²) in [4.78, 5) is 23.5. The fraction of sp³-hybridized carbons (Fsp3) is 0.222. The lowest BCUT2D eigenvalue weighted by molar-refractivity contribution is -0.134. The molecule has 0 radical (unpaired) electrons. The highest BCUT2D eigenvalue weighted by Crippen LogP contribution is 2.14. The summed E-state index contributed by atoms with van der Waals surface area (Å²) in [5, 5.41) is 2.40. The third kappa shape index (κ3) is 5.21. The summed E-state index contributed by atoms with van der Waals surface area (Å²) < 4.78 is 18.1. The maximum Gasteiger partial charge on any atom is 0.291 e. The van der Waals surface area contributed by atoms with Crippen molar-refractivity contribution in [3.63, 3.8) is 0 Å². The molecule has 1 N–H and O–H groups in total. The van der Waals surface area contributed by atoms with Crippen molar-refractivity contribution in [3.05, 3.63) is 59.9 Å². The fourth-order valence-electron chi connectivity index (χ4n) is 2.13.